The molecule has 2 N–H and O–H groups in total. The molecular weight excluding hydrogens is 336 g/mol. The van der Waals surface area contributed by atoms with Crippen molar-refractivity contribution >= 4 is 11.9 Å². The zero-order chi connectivity index (χ0) is 19.6. The molecule has 0 radical (unpaired) electrons. The molecule has 0 spiro atoms. The molecule has 2 rings (SSSR count). The fourth-order valence-electron chi connectivity index (χ4n) is 4.74. The monoisotopic (exact) mass is 378 g/mol. The van der Waals surface area contributed by atoms with Gasteiger partial charge in [0.15, 0.2) is 5.96 Å². The van der Waals surface area contributed by atoms with Gasteiger partial charge in [-0.3, -0.25) is 9.79 Å². The van der Waals surface area contributed by atoms with Crippen molar-refractivity contribution in [2.45, 2.75) is 84.6 Å². The highest BCUT2D eigenvalue weighted by atomic mass is 16.2. The Morgan fingerprint density at radius 2 is 1.85 bits per heavy atom. The van der Waals surface area contributed by atoms with Gasteiger partial charge in [-0.15, -0.1) is 0 Å². The van der Waals surface area contributed by atoms with Gasteiger partial charge in [-0.05, 0) is 50.4 Å². The Labute approximate surface area is 166 Å². The Balaban J connectivity index is 1.67. The number of hydrogen-bond acceptors (Lipinski definition) is 2. The number of piperidine rings is 1. The Kier molecular flexibility index (Phi) is 9.43. The second-order valence-electron chi connectivity index (χ2n) is 8.68. The lowest BCUT2D eigenvalue weighted by Gasteiger charge is -2.35. The Morgan fingerprint density at radius 1 is 1.15 bits per heavy atom. The first kappa shape index (κ1) is 22.0. The van der Waals surface area contributed by atoms with Crippen LogP contribution in [-0.2, 0) is 4.79 Å². The van der Waals surface area contributed by atoms with E-state index < -0.39 is 0 Å². The number of rotatable bonds is 7. The molecule has 2 atom stereocenters. The molecule has 0 aromatic heterocycles. The van der Waals surface area contributed by atoms with E-state index in [1.54, 1.807) is 0 Å². The lowest BCUT2D eigenvalue weighted by Crippen LogP contribution is -2.50. The van der Waals surface area contributed by atoms with Crippen molar-refractivity contribution in [2.24, 2.45) is 22.7 Å². The molecule has 2 aliphatic rings. The number of hydrogen-bond donors (Lipinski definition) is 2. The van der Waals surface area contributed by atoms with Crippen LogP contribution in [0, 0.1) is 17.8 Å². The molecule has 1 heterocycles. The van der Waals surface area contributed by atoms with Crippen LogP contribution < -0.4 is 10.6 Å². The maximum absolute atomic E-state index is 12.5. The molecule has 5 nitrogen and oxygen atoms in total. The molecule has 2 fully saturated rings. The topological polar surface area (TPSA) is 56.7 Å². The molecule has 1 aliphatic heterocycles. The summed E-state index contributed by atoms with van der Waals surface area (Å²) in [4.78, 5) is 19.0. The zero-order valence-corrected chi connectivity index (χ0v) is 18.1. The van der Waals surface area contributed by atoms with Crippen LogP contribution in [0.3, 0.4) is 0 Å². The summed E-state index contributed by atoms with van der Waals surface area (Å²) in [6.07, 6.45) is 10.7. The summed E-state index contributed by atoms with van der Waals surface area (Å²) < 4.78 is 0. The average Bonchev–Trinajstić information content (AvgIpc) is 2.68. The van der Waals surface area contributed by atoms with Crippen LogP contribution in [-0.4, -0.2) is 49.5 Å². The van der Waals surface area contributed by atoms with E-state index in [4.69, 9.17) is 0 Å². The molecule has 2 unspecified atom stereocenters. The normalized spacial score (nSPS) is 24.9. The van der Waals surface area contributed by atoms with Crippen LogP contribution in [0.4, 0.5) is 0 Å². The zero-order valence-electron chi connectivity index (χ0n) is 18.1. The van der Waals surface area contributed by atoms with E-state index in [0.29, 0.717) is 11.9 Å². The molecule has 0 aromatic rings. The summed E-state index contributed by atoms with van der Waals surface area (Å²) in [7, 11) is 1.85. The van der Waals surface area contributed by atoms with Crippen LogP contribution >= 0.6 is 0 Å². The predicted molar refractivity (Wildman–Crippen MR) is 114 cm³/mol. The minimum Gasteiger partial charge on any atom is -0.356 e. The molecule has 1 saturated heterocycles. The van der Waals surface area contributed by atoms with Gasteiger partial charge in [0.05, 0.1) is 0 Å². The van der Waals surface area contributed by atoms with E-state index >= 15 is 0 Å². The molecule has 156 valence electrons. The van der Waals surface area contributed by atoms with Crippen molar-refractivity contribution in [3.05, 3.63) is 0 Å². The second-order valence-corrected chi connectivity index (χ2v) is 8.68. The van der Waals surface area contributed by atoms with Crippen molar-refractivity contribution in [1.29, 1.82) is 0 Å². The molecule has 1 aliphatic carbocycles. The first-order valence-electron chi connectivity index (χ1n) is 11.3. The number of guanidine groups is 1. The lowest BCUT2D eigenvalue weighted by molar-refractivity contribution is -0.136. The average molecular weight is 379 g/mol. The molecule has 0 bridgehead atoms. The lowest BCUT2D eigenvalue weighted by atomic mass is 9.81. The van der Waals surface area contributed by atoms with Crippen LogP contribution in [0.2, 0.25) is 0 Å². The molecule has 27 heavy (non-hydrogen) atoms. The smallest absolute Gasteiger partial charge is 0.225 e. The van der Waals surface area contributed by atoms with E-state index in [9.17, 15) is 4.79 Å². The van der Waals surface area contributed by atoms with Gasteiger partial charge in [0.25, 0.3) is 0 Å². The standard InChI is InChI=1S/C22H42N4O/c1-5-19(6-2)21(27)26-14-11-20(12-15-26)25-22(23-4)24-13-10-18-9-7-8-17(3)16-18/h17-20H,5-16H2,1-4H3,(H2,23,24,25). The Morgan fingerprint density at radius 3 is 2.44 bits per heavy atom. The summed E-state index contributed by atoms with van der Waals surface area (Å²) in [5.74, 6) is 3.24. The van der Waals surface area contributed by atoms with Crippen LogP contribution in [0.5, 0.6) is 0 Å². The van der Waals surface area contributed by atoms with Crippen molar-refractivity contribution < 1.29 is 4.79 Å². The molecule has 1 amide bonds. The first-order valence-corrected chi connectivity index (χ1v) is 11.3. The van der Waals surface area contributed by atoms with Gasteiger partial charge in [-0.1, -0.05) is 40.0 Å². The third-order valence-corrected chi connectivity index (χ3v) is 6.60. The first-order chi connectivity index (χ1) is 13.1. The van der Waals surface area contributed by atoms with Gasteiger partial charge in [0, 0.05) is 38.6 Å². The van der Waals surface area contributed by atoms with Crippen molar-refractivity contribution in [2.75, 3.05) is 26.7 Å². The van der Waals surface area contributed by atoms with Gasteiger partial charge in [-0.25, -0.2) is 0 Å². The number of nitrogens with one attached hydrogen (secondary N) is 2. The number of amides is 1. The molecule has 0 aromatic carbocycles. The minimum absolute atomic E-state index is 0.200. The Bertz CT molecular complexity index is 467. The van der Waals surface area contributed by atoms with Crippen molar-refractivity contribution in [3.8, 4) is 0 Å². The van der Waals surface area contributed by atoms with Gasteiger partial charge in [-0.2, -0.15) is 0 Å². The van der Waals surface area contributed by atoms with E-state index in [-0.39, 0.29) is 5.92 Å². The number of carbonyl (C=O) groups excluding carboxylic acids is 1. The van der Waals surface area contributed by atoms with E-state index in [1.807, 2.05) is 7.05 Å². The largest absolute Gasteiger partial charge is 0.356 e. The summed E-state index contributed by atoms with van der Waals surface area (Å²) in [6, 6.07) is 0.414. The fraction of sp³-hybridized carbons (Fsp3) is 0.909. The fourth-order valence-corrected chi connectivity index (χ4v) is 4.74. The summed E-state index contributed by atoms with van der Waals surface area (Å²) in [5.41, 5.74) is 0. The number of aliphatic imine (C=N–C) groups is 1. The number of nitrogens with zero attached hydrogens (tertiary/aromatic N) is 2. The highest BCUT2D eigenvalue weighted by molar-refractivity contribution is 5.80. The van der Waals surface area contributed by atoms with Crippen LogP contribution in [0.1, 0.15) is 78.6 Å². The number of likely N-dealkylation sites (tertiary alicyclic amines) is 1. The van der Waals surface area contributed by atoms with E-state index in [2.05, 4.69) is 41.3 Å². The van der Waals surface area contributed by atoms with Gasteiger partial charge < -0.3 is 15.5 Å². The minimum atomic E-state index is 0.200. The maximum atomic E-state index is 12.5. The maximum Gasteiger partial charge on any atom is 0.225 e. The summed E-state index contributed by atoms with van der Waals surface area (Å²) in [5, 5.41) is 7.08. The highest BCUT2D eigenvalue weighted by Crippen LogP contribution is 2.30. The van der Waals surface area contributed by atoms with Gasteiger partial charge in [0.1, 0.15) is 0 Å². The van der Waals surface area contributed by atoms with Crippen LogP contribution in [0.15, 0.2) is 4.99 Å². The predicted octanol–water partition coefficient (Wildman–Crippen LogP) is 3.80. The molecule has 5 heteroatoms. The highest BCUT2D eigenvalue weighted by Gasteiger charge is 2.27. The third-order valence-electron chi connectivity index (χ3n) is 6.60. The van der Waals surface area contributed by atoms with Crippen molar-refractivity contribution in [1.82, 2.24) is 15.5 Å². The second kappa shape index (κ2) is 11.6. The SMILES string of the molecule is CCC(CC)C(=O)N1CCC(NC(=NC)NCCC2CCCC(C)C2)CC1. The van der Waals surface area contributed by atoms with Gasteiger partial charge in [0.2, 0.25) is 5.91 Å². The summed E-state index contributed by atoms with van der Waals surface area (Å²) in [6.45, 7) is 9.35. The number of carbonyl (C=O) groups is 1. The quantitative estimate of drug-likeness (QED) is 0.523. The van der Waals surface area contributed by atoms with Gasteiger partial charge >= 0.3 is 0 Å². The van der Waals surface area contributed by atoms with E-state index in [0.717, 1.165) is 63.1 Å². The van der Waals surface area contributed by atoms with Crippen LogP contribution in [0.25, 0.3) is 0 Å². The van der Waals surface area contributed by atoms with E-state index in [1.165, 1.54) is 32.1 Å². The molecular formula is C22H42N4O. The summed E-state index contributed by atoms with van der Waals surface area (Å²) >= 11 is 0. The van der Waals surface area contributed by atoms with Crippen molar-refractivity contribution in [3.63, 3.8) is 0 Å². The third kappa shape index (κ3) is 7.00. The molecule has 1 saturated carbocycles. The Hall–Kier alpha value is -1.26.